The minimum Gasteiger partial charge on any atom is -0.310 e. The first kappa shape index (κ1) is 15.3. The molecule has 0 amide bonds. The first-order chi connectivity index (χ1) is 10.6. The van der Waals surface area contributed by atoms with Crippen LogP contribution in [0.4, 0.5) is 0 Å². The van der Waals surface area contributed by atoms with Crippen molar-refractivity contribution in [3.05, 3.63) is 33.4 Å². The molecule has 3 rings (SSSR count). The van der Waals surface area contributed by atoms with Crippen molar-refractivity contribution in [2.24, 2.45) is 5.92 Å². The van der Waals surface area contributed by atoms with Gasteiger partial charge >= 0.3 is 0 Å². The fraction of sp³-hybridized carbons (Fsp3) is 0.571. The van der Waals surface area contributed by atoms with Crippen molar-refractivity contribution in [2.75, 3.05) is 0 Å². The summed E-state index contributed by atoms with van der Waals surface area (Å²) in [6.07, 6.45) is 16.0. The van der Waals surface area contributed by atoms with E-state index in [2.05, 4.69) is 19.8 Å². The van der Waals surface area contributed by atoms with Crippen LogP contribution in [0.2, 0.25) is 0 Å². The Bertz CT molecular complexity index is 611. The van der Waals surface area contributed by atoms with E-state index < -0.39 is 0 Å². The third-order valence-corrected chi connectivity index (χ3v) is 5.92. The smallest absolute Gasteiger partial charge is 0.0381 e. The second kappa shape index (κ2) is 6.29. The molecule has 22 heavy (non-hydrogen) atoms. The Hall–Kier alpha value is -1.55. The molecule has 1 N–H and O–H groups in total. The third kappa shape index (κ3) is 2.98. The Labute approximate surface area is 135 Å². The number of rotatable bonds is 1. The molecule has 3 fully saturated rings. The van der Waals surface area contributed by atoms with Gasteiger partial charge in [-0.15, -0.1) is 6.42 Å². The van der Waals surface area contributed by atoms with Crippen molar-refractivity contribution in [3.63, 3.8) is 0 Å². The molecule has 3 saturated carbocycles. The Morgan fingerprint density at radius 2 is 1.45 bits per heavy atom. The van der Waals surface area contributed by atoms with E-state index in [4.69, 9.17) is 11.8 Å². The van der Waals surface area contributed by atoms with Gasteiger partial charge in [0.25, 0.3) is 0 Å². The van der Waals surface area contributed by atoms with Gasteiger partial charge in [-0.1, -0.05) is 39.4 Å². The number of allylic oxidation sites excluding steroid dienone is 6. The lowest BCUT2D eigenvalue weighted by Crippen LogP contribution is -2.10. The maximum atomic E-state index is 7.76. The van der Waals surface area contributed by atoms with Gasteiger partial charge in [-0.05, 0) is 71.6 Å². The lowest BCUT2D eigenvalue weighted by Gasteiger charge is -2.28. The highest BCUT2D eigenvalue weighted by Crippen LogP contribution is 2.45. The zero-order valence-corrected chi connectivity index (χ0v) is 14.0. The van der Waals surface area contributed by atoms with Gasteiger partial charge in [0.15, 0.2) is 0 Å². The lowest BCUT2D eigenvalue weighted by atomic mass is 9.77. The molecule has 1 nitrogen and oxygen atoms in total. The molecule has 0 spiro atoms. The highest BCUT2D eigenvalue weighted by molar-refractivity contribution is 5.82. The number of hydrogen-bond donors (Lipinski definition) is 1. The summed E-state index contributed by atoms with van der Waals surface area (Å²) in [5.74, 6) is 3.15. The Morgan fingerprint density at radius 1 is 0.909 bits per heavy atom. The molecule has 0 bridgehead atoms. The minimum atomic E-state index is 0.292. The molecule has 0 aliphatic heterocycles. The SMILES string of the molecule is C#C[C@H](C)C(C)=C1CC(=C2CCC(=C3CCC(=N)CC3)C2)C1. The van der Waals surface area contributed by atoms with Gasteiger partial charge in [-0.3, -0.25) is 0 Å². The molecule has 0 aromatic rings. The quantitative estimate of drug-likeness (QED) is 0.471. The van der Waals surface area contributed by atoms with E-state index in [1.807, 2.05) is 0 Å². The van der Waals surface area contributed by atoms with Crippen LogP contribution in [-0.4, -0.2) is 5.71 Å². The van der Waals surface area contributed by atoms with E-state index in [1.165, 1.54) is 37.7 Å². The van der Waals surface area contributed by atoms with Crippen LogP contribution in [-0.2, 0) is 0 Å². The monoisotopic (exact) mass is 293 g/mol. The zero-order chi connectivity index (χ0) is 15.7. The second-order valence-electron chi connectivity index (χ2n) is 7.22. The van der Waals surface area contributed by atoms with Crippen molar-refractivity contribution in [2.45, 2.75) is 71.6 Å². The third-order valence-electron chi connectivity index (χ3n) is 5.92. The average molecular weight is 293 g/mol. The highest BCUT2D eigenvalue weighted by Gasteiger charge is 2.27. The molecule has 0 heterocycles. The summed E-state index contributed by atoms with van der Waals surface area (Å²) in [5, 5.41) is 7.76. The highest BCUT2D eigenvalue weighted by atomic mass is 14.4. The van der Waals surface area contributed by atoms with Gasteiger partial charge in [0.1, 0.15) is 0 Å². The standard InChI is InChI=1S/C21H27N/c1-4-14(2)15(3)19-12-20(13-19)18-6-5-17(11-18)16-7-9-21(22)10-8-16/h1,14,22H,5-13H2,2-3H3/t14-/m0/s1. The number of hydrogen-bond acceptors (Lipinski definition) is 1. The molecule has 3 aliphatic rings. The molecule has 1 atom stereocenters. The molecule has 0 radical (unpaired) electrons. The van der Waals surface area contributed by atoms with Gasteiger partial charge in [0.2, 0.25) is 0 Å². The normalized spacial score (nSPS) is 23.5. The second-order valence-corrected chi connectivity index (χ2v) is 7.22. The van der Waals surface area contributed by atoms with Gasteiger partial charge in [0, 0.05) is 11.6 Å². The number of nitrogens with one attached hydrogen (secondary N) is 1. The van der Waals surface area contributed by atoms with E-state index in [9.17, 15) is 0 Å². The van der Waals surface area contributed by atoms with Gasteiger partial charge in [-0.2, -0.15) is 0 Å². The molecule has 3 aliphatic carbocycles. The van der Waals surface area contributed by atoms with E-state index in [1.54, 1.807) is 27.9 Å². The Balaban J connectivity index is 1.66. The van der Waals surface area contributed by atoms with Gasteiger partial charge < -0.3 is 5.41 Å². The van der Waals surface area contributed by atoms with E-state index >= 15 is 0 Å². The van der Waals surface area contributed by atoms with Gasteiger partial charge in [0.05, 0.1) is 0 Å². The van der Waals surface area contributed by atoms with Crippen molar-refractivity contribution in [1.29, 1.82) is 5.41 Å². The van der Waals surface area contributed by atoms with Crippen LogP contribution in [0.15, 0.2) is 33.4 Å². The minimum absolute atomic E-state index is 0.292. The van der Waals surface area contributed by atoms with Gasteiger partial charge in [-0.25, -0.2) is 0 Å². The summed E-state index contributed by atoms with van der Waals surface area (Å²) in [5.41, 5.74) is 10.8. The first-order valence-corrected chi connectivity index (χ1v) is 8.69. The fourth-order valence-electron chi connectivity index (χ4n) is 3.97. The van der Waals surface area contributed by atoms with E-state index in [-0.39, 0.29) is 0 Å². The van der Waals surface area contributed by atoms with E-state index in [0.717, 1.165) is 31.4 Å². The van der Waals surface area contributed by atoms with Crippen molar-refractivity contribution in [1.82, 2.24) is 0 Å². The van der Waals surface area contributed by atoms with Crippen LogP contribution in [0.3, 0.4) is 0 Å². The maximum absolute atomic E-state index is 7.76. The Morgan fingerprint density at radius 3 is 2.05 bits per heavy atom. The fourth-order valence-corrected chi connectivity index (χ4v) is 3.97. The maximum Gasteiger partial charge on any atom is 0.0381 e. The van der Waals surface area contributed by atoms with Crippen LogP contribution < -0.4 is 0 Å². The lowest BCUT2D eigenvalue weighted by molar-refractivity contribution is 0.756. The summed E-state index contributed by atoms with van der Waals surface area (Å²) < 4.78 is 0. The number of terminal acetylenes is 1. The van der Waals surface area contributed by atoms with Crippen LogP contribution in [0.25, 0.3) is 0 Å². The largest absolute Gasteiger partial charge is 0.310 e. The summed E-state index contributed by atoms with van der Waals surface area (Å²) >= 11 is 0. The summed E-state index contributed by atoms with van der Waals surface area (Å²) in [7, 11) is 0. The first-order valence-electron chi connectivity index (χ1n) is 8.69. The summed E-state index contributed by atoms with van der Waals surface area (Å²) in [6.45, 7) is 4.34. The average Bonchev–Trinajstić information content (AvgIpc) is 2.95. The predicted molar refractivity (Wildman–Crippen MR) is 94.0 cm³/mol. The molecule has 0 aromatic heterocycles. The zero-order valence-electron chi connectivity index (χ0n) is 14.0. The Kier molecular flexibility index (Phi) is 4.39. The topological polar surface area (TPSA) is 23.9 Å². The van der Waals surface area contributed by atoms with Crippen molar-refractivity contribution < 1.29 is 0 Å². The molecule has 1 heteroatoms. The molecular formula is C21H27N. The predicted octanol–water partition coefficient (Wildman–Crippen LogP) is 5.74. The van der Waals surface area contributed by atoms with Crippen molar-refractivity contribution in [3.8, 4) is 12.3 Å². The molecule has 0 saturated heterocycles. The van der Waals surface area contributed by atoms with E-state index in [0.29, 0.717) is 5.92 Å². The van der Waals surface area contributed by atoms with Crippen LogP contribution in [0.1, 0.15) is 71.6 Å². The van der Waals surface area contributed by atoms with Crippen LogP contribution in [0, 0.1) is 23.7 Å². The molecule has 116 valence electrons. The van der Waals surface area contributed by atoms with Crippen molar-refractivity contribution >= 4 is 5.71 Å². The molecule has 0 unspecified atom stereocenters. The summed E-state index contributed by atoms with van der Waals surface area (Å²) in [6, 6.07) is 0. The molecular weight excluding hydrogens is 266 g/mol. The summed E-state index contributed by atoms with van der Waals surface area (Å²) in [4.78, 5) is 0. The van der Waals surface area contributed by atoms with Crippen LogP contribution in [0.5, 0.6) is 0 Å². The molecule has 0 aromatic carbocycles. The van der Waals surface area contributed by atoms with Crippen LogP contribution >= 0.6 is 0 Å².